The predicted octanol–water partition coefficient (Wildman–Crippen LogP) is 3.47. The Labute approximate surface area is 154 Å². The molecule has 11 heteroatoms. The molecule has 1 amide bonds. The van der Waals surface area contributed by atoms with E-state index in [1.807, 2.05) is 17.5 Å². The van der Waals surface area contributed by atoms with Crippen LogP contribution in [-0.2, 0) is 11.0 Å². The van der Waals surface area contributed by atoms with E-state index in [9.17, 15) is 18.0 Å². The van der Waals surface area contributed by atoms with Crippen molar-refractivity contribution in [1.82, 2.24) is 14.9 Å². The van der Waals surface area contributed by atoms with Crippen LogP contribution in [0.1, 0.15) is 5.56 Å². The number of carbonyl (C=O) groups excluding carboxylic acids is 1. The molecule has 26 heavy (non-hydrogen) atoms. The van der Waals surface area contributed by atoms with E-state index in [1.165, 1.54) is 28.1 Å². The highest BCUT2D eigenvalue weighted by Crippen LogP contribution is 2.30. The number of aromatic nitrogens is 3. The minimum absolute atomic E-state index is 0.0131. The van der Waals surface area contributed by atoms with Crippen LogP contribution in [0.5, 0.6) is 0 Å². The molecule has 2 heterocycles. The summed E-state index contributed by atoms with van der Waals surface area (Å²) in [7, 11) is 0. The van der Waals surface area contributed by atoms with Crippen molar-refractivity contribution in [2.75, 3.05) is 16.9 Å². The number of rotatable bonds is 5. The van der Waals surface area contributed by atoms with Gasteiger partial charge in [0, 0.05) is 5.69 Å². The Balaban J connectivity index is 1.58. The predicted molar refractivity (Wildman–Crippen MR) is 94.3 cm³/mol. The second-order valence-electron chi connectivity index (χ2n) is 5.07. The molecule has 0 saturated carbocycles. The highest BCUT2D eigenvalue weighted by Gasteiger charge is 2.30. The lowest BCUT2D eigenvalue weighted by Crippen LogP contribution is -2.16. The zero-order valence-corrected chi connectivity index (χ0v) is 14.7. The van der Waals surface area contributed by atoms with Crippen LogP contribution in [0, 0.1) is 0 Å². The van der Waals surface area contributed by atoms with Gasteiger partial charge in [-0.2, -0.15) is 13.2 Å². The average molecular weight is 399 g/mol. The van der Waals surface area contributed by atoms with Gasteiger partial charge in [-0.15, -0.1) is 21.5 Å². The molecule has 0 atom stereocenters. The Morgan fingerprint density at radius 2 is 1.96 bits per heavy atom. The van der Waals surface area contributed by atoms with E-state index in [0.717, 1.165) is 28.8 Å². The van der Waals surface area contributed by atoms with E-state index in [-0.39, 0.29) is 11.4 Å². The Hall–Kier alpha value is -2.53. The van der Waals surface area contributed by atoms with Gasteiger partial charge >= 0.3 is 6.18 Å². The first-order valence-electron chi connectivity index (χ1n) is 7.19. The van der Waals surface area contributed by atoms with Crippen LogP contribution in [0.2, 0.25) is 0 Å². The van der Waals surface area contributed by atoms with Crippen molar-refractivity contribution in [1.29, 1.82) is 0 Å². The maximum atomic E-state index is 12.5. The first-order valence-corrected chi connectivity index (χ1v) is 9.05. The maximum Gasteiger partial charge on any atom is 0.416 e. The molecule has 3 N–H and O–H groups in total. The van der Waals surface area contributed by atoms with Gasteiger partial charge in [-0.1, -0.05) is 17.8 Å². The van der Waals surface area contributed by atoms with Gasteiger partial charge in [0.1, 0.15) is 0 Å². The molecule has 6 nitrogen and oxygen atoms in total. The summed E-state index contributed by atoms with van der Waals surface area (Å²) in [5, 5.41) is 12.7. The first-order chi connectivity index (χ1) is 12.3. The van der Waals surface area contributed by atoms with Crippen molar-refractivity contribution in [3.8, 4) is 10.7 Å². The fourth-order valence-electron chi connectivity index (χ4n) is 2.02. The number of thioether (sulfide) groups is 1. The van der Waals surface area contributed by atoms with Crippen LogP contribution >= 0.6 is 23.1 Å². The summed E-state index contributed by atoms with van der Waals surface area (Å²) in [6, 6.07) is 7.93. The molecule has 1 aromatic carbocycles. The van der Waals surface area contributed by atoms with Gasteiger partial charge < -0.3 is 11.2 Å². The Morgan fingerprint density at radius 1 is 1.23 bits per heavy atom. The number of anilines is 1. The molecule has 0 aliphatic heterocycles. The molecule has 3 rings (SSSR count). The van der Waals surface area contributed by atoms with E-state index in [4.69, 9.17) is 5.84 Å². The number of thiophene rings is 1. The Bertz CT molecular complexity index is 891. The van der Waals surface area contributed by atoms with E-state index >= 15 is 0 Å². The lowest BCUT2D eigenvalue weighted by molar-refractivity contribution is -0.137. The highest BCUT2D eigenvalue weighted by molar-refractivity contribution is 7.99. The quantitative estimate of drug-likeness (QED) is 0.507. The number of carbonyl (C=O) groups is 1. The smallest absolute Gasteiger partial charge is 0.335 e. The van der Waals surface area contributed by atoms with Crippen molar-refractivity contribution in [2.45, 2.75) is 11.3 Å². The third-order valence-electron chi connectivity index (χ3n) is 3.23. The van der Waals surface area contributed by atoms with Gasteiger partial charge in [0.15, 0.2) is 5.82 Å². The third-order valence-corrected chi connectivity index (χ3v) is 5.04. The zero-order valence-electron chi connectivity index (χ0n) is 13.0. The summed E-state index contributed by atoms with van der Waals surface area (Å²) in [4.78, 5) is 12.8. The van der Waals surface area contributed by atoms with Gasteiger partial charge in [0.25, 0.3) is 0 Å². The minimum atomic E-state index is -4.41. The molecule has 0 bridgehead atoms. The number of alkyl halides is 3. The van der Waals surface area contributed by atoms with Gasteiger partial charge in [0.2, 0.25) is 11.1 Å². The average Bonchev–Trinajstić information content (AvgIpc) is 3.22. The number of nitrogens with two attached hydrogens (primary N) is 1. The molecule has 0 spiro atoms. The molecule has 0 fully saturated rings. The number of benzene rings is 1. The molecular weight excluding hydrogens is 387 g/mol. The molecule has 3 aromatic rings. The fraction of sp³-hybridized carbons (Fsp3) is 0.133. The monoisotopic (exact) mass is 399 g/mol. The fourth-order valence-corrected chi connectivity index (χ4v) is 3.38. The summed E-state index contributed by atoms with van der Waals surface area (Å²) in [6.45, 7) is 0. The van der Waals surface area contributed by atoms with Crippen molar-refractivity contribution >= 4 is 34.7 Å². The number of amides is 1. The summed E-state index contributed by atoms with van der Waals surface area (Å²) in [6.07, 6.45) is -4.41. The Kier molecular flexibility index (Phi) is 5.18. The molecule has 136 valence electrons. The molecule has 0 aliphatic carbocycles. The molecule has 0 aliphatic rings. The normalized spacial score (nSPS) is 11.5. The molecule has 0 radical (unpaired) electrons. The molecular formula is C15H12F3N5OS2. The Morgan fingerprint density at radius 3 is 2.58 bits per heavy atom. The van der Waals surface area contributed by atoms with Gasteiger partial charge in [-0.25, -0.2) is 4.68 Å². The van der Waals surface area contributed by atoms with Crippen LogP contribution in [-0.4, -0.2) is 26.5 Å². The lowest BCUT2D eigenvalue weighted by atomic mass is 10.2. The summed E-state index contributed by atoms with van der Waals surface area (Å²) >= 11 is 2.54. The van der Waals surface area contributed by atoms with Crippen molar-refractivity contribution in [2.24, 2.45) is 0 Å². The number of nitrogen functional groups attached to an aromatic ring is 1. The van der Waals surface area contributed by atoms with E-state index in [1.54, 1.807) is 0 Å². The minimum Gasteiger partial charge on any atom is -0.335 e. The number of hydrogen-bond donors (Lipinski definition) is 2. The number of nitrogens with zero attached hydrogens (tertiary/aromatic N) is 3. The van der Waals surface area contributed by atoms with Crippen molar-refractivity contribution in [3.05, 3.63) is 47.3 Å². The van der Waals surface area contributed by atoms with E-state index in [2.05, 4.69) is 15.5 Å². The second kappa shape index (κ2) is 7.38. The van der Waals surface area contributed by atoms with Crippen LogP contribution < -0.4 is 11.2 Å². The van der Waals surface area contributed by atoms with Crippen LogP contribution in [0.15, 0.2) is 46.9 Å². The number of nitrogens with one attached hydrogen (secondary N) is 1. The maximum absolute atomic E-state index is 12.5. The van der Waals surface area contributed by atoms with Gasteiger partial charge in [0.05, 0.1) is 16.2 Å². The second-order valence-corrected chi connectivity index (χ2v) is 6.96. The SMILES string of the molecule is Nn1c(SCC(=O)Nc2ccc(C(F)(F)F)cc2)nnc1-c1cccs1. The molecule has 2 aromatic heterocycles. The summed E-state index contributed by atoms with van der Waals surface area (Å²) in [5.41, 5.74) is -0.501. The van der Waals surface area contributed by atoms with E-state index < -0.39 is 17.6 Å². The topological polar surface area (TPSA) is 85.8 Å². The van der Waals surface area contributed by atoms with Crippen molar-refractivity contribution < 1.29 is 18.0 Å². The molecule has 0 saturated heterocycles. The van der Waals surface area contributed by atoms with Gasteiger partial charge in [-0.3, -0.25) is 4.79 Å². The summed E-state index contributed by atoms with van der Waals surface area (Å²) < 4.78 is 38.8. The summed E-state index contributed by atoms with van der Waals surface area (Å²) in [5.74, 6) is 6.02. The number of hydrogen-bond acceptors (Lipinski definition) is 6. The first kappa shape index (κ1) is 18.3. The largest absolute Gasteiger partial charge is 0.416 e. The van der Waals surface area contributed by atoms with Gasteiger partial charge in [-0.05, 0) is 35.7 Å². The third kappa shape index (κ3) is 4.17. The molecule has 0 unspecified atom stereocenters. The lowest BCUT2D eigenvalue weighted by Gasteiger charge is -2.08. The highest BCUT2D eigenvalue weighted by atomic mass is 32.2. The van der Waals surface area contributed by atoms with Crippen LogP contribution in [0.3, 0.4) is 0 Å². The van der Waals surface area contributed by atoms with Crippen LogP contribution in [0.25, 0.3) is 10.7 Å². The number of halogens is 3. The van der Waals surface area contributed by atoms with Crippen molar-refractivity contribution in [3.63, 3.8) is 0 Å². The van der Waals surface area contributed by atoms with Crippen LogP contribution in [0.4, 0.5) is 18.9 Å². The standard InChI is InChI=1S/C15H12F3N5OS2/c16-15(17,18)9-3-5-10(6-4-9)20-12(24)8-26-14-22-21-13(23(14)19)11-2-1-7-25-11/h1-7H,8,19H2,(H,20,24). The zero-order chi connectivity index (χ0) is 18.7. The van der Waals surface area contributed by atoms with E-state index in [0.29, 0.717) is 11.0 Å².